The normalized spacial score (nSPS) is 11.8. The summed E-state index contributed by atoms with van der Waals surface area (Å²) in [6, 6.07) is 15.7. The van der Waals surface area contributed by atoms with E-state index in [4.69, 9.17) is 0 Å². The first kappa shape index (κ1) is 14.6. The van der Waals surface area contributed by atoms with Crippen molar-refractivity contribution in [2.45, 2.75) is 24.3 Å². The Morgan fingerprint density at radius 2 is 1.95 bits per heavy atom. The SMILES string of the molecule is CCC(SCc1ccccc1)C(=O)Nc1ccccn1. The van der Waals surface area contributed by atoms with Gasteiger partial charge in [-0.25, -0.2) is 4.98 Å². The molecule has 1 amide bonds. The van der Waals surface area contributed by atoms with E-state index in [-0.39, 0.29) is 11.2 Å². The molecule has 0 radical (unpaired) electrons. The highest BCUT2D eigenvalue weighted by Crippen LogP contribution is 2.21. The highest BCUT2D eigenvalue weighted by molar-refractivity contribution is 7.99. The fourth-order valence-electron chi connectivity index (χ4n) is 1.79. The second-order valence-electron chi connectivity index (χ2n) is 4.40. The van der Waals surface area contributed by atoms with E-state index in [1.807, 2.05) is 37.3 Å². The standard InChI is InChI=1S/C16H18N2OS/c1-2-14(20-12-13-8-4-3-5-9-13)16(19)18-15-10-6-7-11-17-15/h3-11,14H,2,12H2,1H3,(H,17,18,19). The first-order chi connectivity index (χ1) is 9.79. The molecule has 0 aliphatic heterocycles. The molecule has 20 heavy (non-hydrogen) atoms. The molecule has 4 heteroatoms. The van der Waals surface area contributed by atoms with Crippen LogP contribution in [0.4, 0.5) is 5.82 Å². The number of aromatic nitrogens is 1. The molecule has 0 aliphatic rings. The lowest BCUT2D eigenvalue weighted by molar-refractivity contribution is -0.115. The van der Waals surface area contributed by atoms with Crippen LogP contribution in [0.3, 0.4) is 0 Å². The van der Waals surface area contributed by atoms with Gasteiger partial charge in [0.25, 0.3) is 0 Å². The van der Waals surface area contributed by atoms with Crippen molar-refractivity contribution in [2.75, 3.05) is 5.32 Å². The van der Waals surface area contributed by atoms with Crippen LogP contribution in [-0.2, 0) is 10.5 Å². The minimum absolute atomic E-state index is 0.0205. The van der Waals surface area contributed by atoms with Crippen molar-refractivity contribution >= 4 is 23.5 Å². The number of anilines is 1. The van der Waals surface area contributed by atoms with Gasteiger partial charge in [-0.3, -0.25) is 4.79 Å². The molecule has 3 nitrogen and oxygen atoms in total. The van der Waals surface area contributed by atoms with Gasteiger partial charge in [0.15, 0.2) is 0 Å². The largest absolute Gasteiger partial charge is 0.310 e. The smallest absolute Gasteiger partial charge is 0.238 e. The van der Waals surface area contributed by atoms with Gasteiger partial charge in [-0.2, -0.15) is 0 Å². The number of nitrogens with one attached hydrogen (secondary N) is 1. The van der Waals surface area contributed by atoms with Gasteiger partial charge in [0.1, 0.15) is 5.82 Å². The van der Waals surface area contributed by atoms with Crippen LogP contribution < -0.4 is 5.32 Å². The minimum Gasteiger partial charge on any atom is -0.310 e. The highest BCUT2D eigenvalue weighted by atomic mass is 32.2. The van der Waals surface area contributed by atoms with Crippen LogP contribution in [0.1, 0.15) is 18.9 Å². The summed E-state index contributed by atoms with van der Waals surface area (Å²) in [6.45, 7) is 2.03. The van der Waals surface area contributed by atoms with Gasteiger partial charge in [0.2, 0.25) is 5.91 Å². The number of hydrogen-bond donors (Lipinski definition) is 1. The van der Waals surface area contributed by atoms with Crippen molar-refractivity contribution in [2.24, 2.45) is 0 Å². The number of amides is 1. The van der Waals surface area contributed by atoms with Crippen LogP contribution in [0, 0.1) is 0 Å². The van der Waals surface area contributed by atoms with E-state index >= 15 is 0 Å². The summed E-state index contributed by atoms with van der Waals surface area (Å²) in [7, 11) is 0. The molecule has 1 heterocycles. The fourth-order valence-corrected chi connectivity index (χ4v) is 2.83. The third-order valence-corrected chi connectivity index (χ3v) is 4.32. The van der Waals surface area contributed by atoms with E-state index in [0.717, 1.165) is 12.2 Å². The molecule has 0 spiro atoms. The summed E-state index contributed by atoms with van der Waals surface area (Å²) in [5.41, 5.74) is 1.24. The molecular weight excluding hydrogens is 268 g/mol. The molecule has 1 N–H and O–H groups in total. The number of thioether (sulfide) groups is 1. The number of carbonyl (C=O) groups excluding carboxylic acids is 1. The number of carbonyl (C=O) groups is 1. The summed E-state index contributed by atoms with van der Waals surface area (Å²) >= 11 is 1.66. The number of nitrogens with zero attached hydrogens (tertiary/aromatic N) is 1. The molecule has 0 saturated carbocycles. The molecule has 2 rings (SSSR count). The molecule has 0 bridgehead atoms. The molecule has 0 aliphatic carbocycles. The average Bonchev–Trinajstić information content (AvgIpc) is 2.50. The molecule has 1 aromatic heterocycles. The number of pyridine rings is 1. The van der Waals surface area contributed by atoms with Crippen molar-refractivity contribution in [1.29, 1.82) is 0 Å². The molecule has 0 saturated heterocycles. The molecule has 2 aromatic rings. The topological polar surface area (TPSA) is 42.0 Å². The molecule has 1 atom stereocenters. The van der Waals surface area contributed by atoms with Gasteiger partial charge >= 0.3 is 0 Å². The number of rotatable bonds is 6. The summed E-state index contributed by atoms with van der Waals surface area (Å²) < 4.78 is 0. The average molecular weight is 286 g/mol. The molecule has 1 aromatic carbocycles. The minimum atomic E-state index is -0.0581. The third-order valence-electron chi connectivity index (χ3n) is 2.87. The zero-order valence-corrected chi connectivity index (χ0v) is 12.3. The van der Waals surface area contributed by atoms with Crippen molar-refractivity contribution in [3.8, 4) is 0 Å². The van der Waals surface area contributed by atoms with Crippen LogP contribution in [-0.4, -0.2) is 16.1 Å². The molecule has 104 valence electrons. The van der Waals surface area contributed by atoms with E-state index in [9.17, 15) is 4.79 Å². The lowest BCUT2D eigenvalue weighted by atomic mass is 10.2. The van der Waals surface area contributed by atoms with Gasteiger partial charge in [-0.15, -0.1) is 11.8 Å². The Kier molecular flexibility index (Phi) is 5.62. The van der Waals surface area contributed by atoms with Gasteiger partial charge < -0.3 is 5.32 Å². The lowest BCUT2D eigenvalue weighted by Crippen LogP contribution is -2.25. The Morgan fingerprint density at radius 3 is 2.60 bits per heavy atom. The second-order valence-corrected chi connectivity index (χ2v) is 5.59. The van der Waals surface area contributed by atoms with Crippen molar-refractivity contribution in [3.05, 3.63) is 60.3 Å². The van der Waals surface area contributed by atoms with E-state index in [2.05, 4.69) is 22.4 Å². The van der Waals surface area contributed by atoms with Crippen LogP contribution >= 0.6 is 11.8 Å². The number of benzene rings is 1. The van der Waals surface area contributed by atoms with E-state index in [1.54, 1.807) is 24.0 Å². The zero-order valence-electron chi connectivity index (χ0n) is 11.5. The second kappa shape index (κ2) is 7.70. The highest BCUT2D eigenvalue weighted by Gasteiger charge is 2.17. The maximum atomic E-state index is 12.2. The molecule has 0 fully saturated rings. The first-order valence-electron chi connectivity index (χ1n) is 6.67. The van der Waals surface area contributed by atoms with Crippen LogP contribution in [0.15, 0.2) is 54.7 Å². The Hall–Kier alpha value is -1.81. The number of hydrogen-bond acceptors (Lipinski definition) is 3. The van der Waals surface area contributed by atoms with Gasteiger partial charge in [0, 0.05) is 11.9 Å². The Labute approximate surface area is 123 Å². The molecular formula is C16H18N2OS. The van der Waals surface area contributed by atoms with Gasteiger partial charge in [-0.05, 0) is 24.1 Å². The fraction of sp³-hybridized carbons (Fsp3) is 0.250. The summed E-state index contributed by atoms with van der Waals surface area (Å²) in [4.78, 5) is 16.3. The van der Waals surface area contributed by atoms with Crippen molar-refractivity contribution < 1.29 is 4.79 Å². The Bertz CT molecular complexity index is 531. The third kappa shape index (κ3) is 4.38. The monoisotopic (exact) mass is 286 g/mol. The first-order valence-corrected chi connectivity index (χ1v) is 7.72. The van der Waals surface area contributed by atoms with Crippen LogP contribution in [0.2, 0.25) is 0 Å². The van der Waals surface area contributed by atoms with E-state index in [1.165, 1.54) is 5.56 Å². The lowest BCUT2D eigenvalue weighted by Gasteiger charge is -2.14. The quantitative estimate of drug-likeness (QED) is 0.879. The summed E-state index contributed by atoms with van der Waals surface area (Å²) in [6.07, 6.45) is 2.48. The van der Waals surface area contributed by atoms with Crippen molar-refractivity contribution in [3.63, 3.8) is 0 Å². The van der Waals surface area contributed by atoms with Crippen LogP contribution in [0.5, 0.6) is 0 Å². The van der Waals surface area contributed by atoms with E-state index in [0.29, 0.717) is 5.82 Å². The predicted octanol–water partition coefficient (Wildman–Crippen LogP) is 3.73. The predicted molar refractivity (Wildman–Crippen MR) is 84.7 cm³/mol. The van der Waals surface area contributed by atoms with Crippen molar-refractivity contribution in [1.82, 2.24) is 4.98 Å². The maximum absolute atomic E-state index is 12.2. The Balaban J connectivity index is 1.89. The zero-order chi connectivity index (χ0) is 14.2. The molecule has 1 unspecified atom stereocenters. The van der Waals surface area contributed by atoms with Gasteiger partial charge in [0.05, 0.1) is 5.25 Å². The van der Waals surface area contributed by atoms with Gasteiger partial charge in [-0.1, -0.05) is 43.3 Å². The summed E-state index contributed by atoms with van der Waals surface area (Å²) in [5, 5.41) is 2.80. The Morgan fingerprint density at radius 1 is 1.20 bits per heavy atom. The van der Waals surface area contributed by atoms with E-state index < -0.39 is 0 Å². The summed E-state index contributed by atoms with van der Waals surface area (Å²) in [5.74, 6) is 1.47. The van der Waals surface area contributed by atoms with Crippen LogP contribution in [0.25, 0.3) is 0 Å². The maximum Gasteiger partial charge on any atom is 0.238 e.